The van der Waals surface area contributed by atoms with Gasteiger partial charge in [0.2, 0.25) is 5.91 Å². The number of carbonyl (C=O) groups excluding carboxylic acids is 1. The largest absolute Gasteiger partial charge is 0.497 e. The van der Waals surface area contributed by atoms with E-state index in [-0.39, 0.29) is 18.2 Å². The van der Waals surface area contributed by atoms with E-state index in [0.717, 1.165) is 5.56 Å². The van der Waals surface area contributed by atoms with Gasteiger partial charge in [-0.1, -0.05) is 6.07 Å². The van der Waals surface area contributed by atoms with Gasteiger partial charge in [0.25, 0.3) is 0 Å². The smallest absolute Gasteiger partial charge is 0.387 e. The summed E-state index contributed by atoms with van der Waals surface area (Å²) in [5.41, 5.74) is 1.42. The minimum Gasteiger partial charge on any atom is -0.497 e. The van der Waals surface area contributed by atoms with Crippen molar-refractivity contribution in [2.24, 2.45) is 0 Å². The lowest BCUT2D eigenvalue weighted by Gasteiger charge is -2.18. The van der Waals surface area contributed by atoms with E-state index in [4.69, 9.17) is 9.47 Å². The highest BCUT2D eigenvalue weighted by Crippen LogP contribution is 2.25. The molecule has 1 N–H and O–H groups in total. The van der Waals surface area contributed by atoms with Crippen molar-refractivity contribution in [1.29, 1.82) is 0 Å². The van der Waals surface area contributed by atoms with Crippen LogP contribution in [0.15, 0.2) is 42.5 Å². The predicted molar refractivity (Wildman–Crippen MR) is 97.6 cm³/mol. The number of amides is 1. The molecular weight excluding hydrogens is 358 g/mol. The minimum absolute atomic E-state index is 0.0340. The third-order valence-electron chi connectivity index (χ3n) is 3.71. The molecule has 27 heavy (non-hydrogen) atoms. The number of anilines is 1. The van der Waals surface area contributed by atoms with E-state index in [1.807, 2.05) is 24.1 Å². The van der Waals surface area contributed by atoms with E-state index in [1.165, 1.54) is 24.3 Å². The monoisotopic (exact) mass is 380 g/mol. The molecule has 2 aromatic carbocycles. The van der Waals surface area contributed by atoms with Gasteiger partial charge < -0.3 is 19.5 Å². The van der Waals surface area contributed by atoms with Crippen LogP contribution in [0.5, 0.6) is 17.2 Å². The Bertz CT molecular complexity index is 754. The fourth-order valence-corrected chi connectivity index (χ4v) is 2.49. The number of hydrogen-bond donors (Lipinski definition) is 1. The number of methoxy groups -OCH3 is 2. The molecule has 0 aliphatic heterocycles. The fraction of sp³-hybridized carbons (Fsp3) is 0.316. The first-order valence-electron chi connectivity index (χ1n) is 8.15. The maximum atomic E-state index is 12.2. The summed E-state index contributed by atoms with van der Waals surface area (Å²) in [6.45, 7) is -2.24. The topological polar surface area (TPSA) is 60.0 Å². The minimum atomic E-state index is -2.88. The summed E-state index contributed by atoms with van der Waals surface area (Å²) in [5, 5.41) is 2.71. The van der Waals surface area contributed by atoms with Gasteiger partial charge >= 0.3 is 6.61 Å². The van der Waals surface area contributed by atoms with Crippen molar-refractivity contribution in [3.8, 4) is 17.2 Å². The van der Waals surface area contributed by atoms with Crippen molar-refractivity contribution in [2.45, 2.75) is 13.2 Å². The van der Waals surface area contributed by atoms with Gasteiger partial charge in [0.15, 0.2) is 0 Å². The van der Waals surface area contributed by atoms with Crippen LogP contribution < -0.4 is 19.5 Å². The summed E-state index contributed by atoms with van der Waals surface area (Å²) in [5.74, 6) is 1.17. The molecule has 146 valence electrons. The molecule has 1 amide bonds. The Balaban J connectivity index is 1.90. The summed E-state index contributed by atoms with van der Waals surface area (Å²) in [6.07, 6.45) is 0. The van der Waals surface area contributed by atoms with Gasteiger partial charge in [0, 0.05) is 23.9 Å². The fourth-order valence-electron chi connectivity index (χ4n) is 2.49. The summed E-state index contributed by atoms with van der Waals surface area (Å²) in [7, 11) is 4.96. The molecule has 0 aliphatic carbocycles. The van der Waals surface area contributed by atoms with Crippen LogP contribution in [0.2, 0.25) is 0 Å². The van der Waals surface area contributed by atoms with E-state index >= 15 is 0 Å². The second-order valence-corrected chi connectivity index (χ2v) is 5.80. The number of alkyl halides is 2. The Morgan fingerprint density at radius 1 is 1.07 bits per heavy atom. The molecule has 0 bridgehead atoms. The van der Waals surface area contributed by atoms with Crippen molar-refractivity contribution in [3.63, 3.8) is 0 Å². The van der Waals surface area contributed by atoms with Crippen molar-refractivity contribution in [1.82, 2.24) is 4.90 Å². The second kappa shape index (κ2) is 9.72. The van der Waals surface area contributed by atoms with Crippen LogP contribution in [0.25, 0.3) is 0 Å². The van der Waals surface area contributed by atoms with E-state index in [1.54, 1.807) is 20.3 Å². The maximum absolute atomic E-state index is 12.2. The van der Waals surface area contributed by atoms with E-state index in [0.29, 0.717) is 23.7 Å². The number of carbonyl (C=O) groups is 1. The summed E-state index contributed by atoms with van der Waals surface area (Å²) >= 11 is 0. The Kier molecular flexibility index (Phi) is 7.36. The number of halogens is 2. The van der Waals surface area contributed by atoms with Gasteiger partial charge in [0.05, 0.1) is 20.8 Å². The number of likely N-dealkylation sites (N-methyl/N-ethyl adjacent to an activating group) is 1. The molecule has 2 rings (SSSR count). The molecule has 8 heteroatoms. The van der Waals surface area contributed by atoms with Gasteiger partial charge in [0.1, 0.15) is 17.2 Å². The van der Waals surface area contributed by atoms with Gasteiger partial charge in [-0.2, -0.15) is 8.78 Å². The highest BCUT2D eigenvalue weighted by atomic mass is 19.3. The third-order valence-corrected chi connectivity index (χ3v) is 3.71. The normalized spacial score (nSPS) is 10.8. The lowest BCUT2D eigenvalue weighted by Crippen LogP contribution is -2.30. The first-order valence-corrected chi connectivity index (χ1v) is 8.15. The van der Waals surface area contributed by atoms with Gasteiger partial charge in [-0.15, -0.1) is 0 Å². The summed E-state index contributed by atoms with van der Waals surface area (Å²) < 4.78 is 39.1. The SMILES string of the molecule is COc1ccc(CN(C)CC(=O)Nc2ccc(OC(F)F)cc2)c(OC)c1. The van der Waals surface area contributed by atoms with E-state index in [9.17, 15) is 13.6 Å². The summed E-state index contributed by atoms with van der Waals surface area (Å²) in [4.78, 5) is 14.0. The first kappa shape index (κ1) is 20.4. The van der Waals surface area contributed by atoms with Crippen LogP contribution in [0.1, 0.15) is 5.56 Å². The quantitative estimate of drug-likeness (QED) is 0.723. The van der Waals surface area contributed by atoms with Crippen LogP contribution >= 0.6 is 0 Å². The molecule has 6 nitrogen and oxygen atoms in total. The zero-order valence-corrected chi connectivity index (χ0v) is 15.4. The first-order chi connectivity index (χ1) is 12.9. The Labute approximate surface area is 156 Å². The second-order valence-electron chi connectivity index (χ2n) is 5.80. The molecule has 0 heterocycles. The van der Waals surface area contributed by atoms with Crippen LogP contribution in [0, 0.1) is 0 Å². The molecule has 0 saturated carbocycles. The highest BCUT2D eigenvalue weighted by molar-refractivity contribution is 5.92. The Morgan fingerprint density at radius 2 is 1.74 bits per heavy atom. The molecule has 0 saturated heterocycles. The Hall–Kier alpha value is -2.87. The molecule has 0 aromatic heterocycles. The average Bonchev–Trinajstić information content (AvgIpc) is 2.63. The molecule has 0 unspecified atom stereocenters. The number of rotatable bonds is 9. The van der Waals surface area contributed by atoms with Crippen LogP contribution in [-0.4, -0.2) is 45.2 Å². The average molecular weight is 380 g/mol. The number of hydrogen-bond acceptors (Lipinski definition) is 5. The number of nitrogens with zero attached hydrogens (tertiary/aromatic N) is 1. The van der Waals surface area contributed by atoms with E-state index < -0.39 is 6.61 Å². The van der Waals surface area contributed by atoms with Crippen molar-refractivity contribution in [3.05, 3.63) is 48.0 Å². The molecular formula is C19H22F2N2O4. The van der Waals surface area contributed by atoms with Gasteiger partial charge in [-0.05, 0) is 37.4 Å². The highest BCUT2D eigenvalue weighted by Gasteiger charge is 2.12. The molecule has 0 atom stereocenters. The standard InChI is InChI=1S/C19H22F2N2O4/c1-23(11-13-4-7-16(25-2)10-17(13)26-3)12-18(24)22-14-5-8-15(9-6-14)27-19(20)21/h4-10,19H,11-12H2,1-3H3,(H,22,24). The lowest BCUT2D eigenvalue weighted by molar-refractivity contribution is -0.117. The van der Waals surface area contributed by atoms with Gasteiger partial charge in [-0.25, -0.2) is 0 Å². The van der Waals surface area contributed by atoms with Crippen molar-refractivity contribution >= 4 is 11.6 Å². The Morgan fingerprint density at radius 3 is 2.33 bits per heavy atom. The number of nitrogens with one attached hydrogen (secondary N) is 1. The lowest BCUT2D eigenvalue weighted by atomic mass is 10.2. The maximum Gasteiger partial charge on any atom is 0.387 e. The van der Waals surface area contributed by atoms with E-state index in [2.05, 4.69) is 10.1 Å². The van der Waals surface area contributed by atoms with Crippen LogP contribution in [0.3, 0.4) is 0 Å². The predicted octanol–water partition coefficient (Wildman–Crippen LogP) is 3.38. The molecule has 0 aliphatic rings. The van der Waals surface area contributed by atoms with Gasteiger partial charge in [-0.3, -0.25) is 9.69 Å². The molecule has 0 fully saturated rings. The number of ether oxygens (including phenoxy) is 3. The third kappa shape index (κ3) is 6.41. The molecule has 2 aromatic rings. The summed E-state index contributed by atoms with van der Waals surface area (Å²) in [6, 6.07) is 11.2. The molecule has 0 radical (unpaired) electrons. The van der Waals surface area contributed by atoms with Crippen molar-refractivity contribution < 1.29 is 27.8 Å². The van der Waals surface area contributed by atoms with Crippen LogP contribution in [0.4, 0.5) is 14.5 Å². The molecule has 0 spiro atoms. The van der Waals surface area contributed by atoms with Crippen molar-refractivity contribution in [2.75, 3.05) is 33.1 Å². The number of benzene rings is 2. The zero-order chi connectivity index (χ0) is 19.8. The zero-order valence-electron chi connectivity index (χ0n) is 15.4. The van der Waals surface area contributed by atoms with Crippen LogP contribution in [-0.2, 0) is 11.3 Å².